The zero-order valence-electron chi connectivity index (χ0n) is 18.0. The van der Waals surface area contributed by atoms with E-state index in [-0.39, 0.29) is 5.75 Å². The number of benzene rings is 3. The van der Waals surface area contributed by atoms with Gasteiger partial charge in [0.2, 0.25) is 0 Å². The molecule has 0 atom stereocenters. The van der Waals surface area contributed by atoms with E-state index >= 15 is 0 Å². The van der Waals surface area contributed by atoms with Gasteiger partial charge in [-0.05, 0) is 41.8 Å². The van der Waals surface area contributed by atoms with E-state index in [1.807, 2.05) is 0 Å². The SMILES string of the molecule is CCOc1cc(C=NNC(=O)C(O)(c2ccccc2)c2ccccc2)ccc1OCC(=O)O. The van der Waals surface area contributed by atoms with Gasteiger partial charge in [-0.3, -0.25) is 4.79 Å². The number of carboxylic acids is 1. The Morgan fingerprint density at radius 1 is 0.939 bits per heavy atom. The lowest BCUT2D eigenvalue weighted by Crippen LogP contribution is -2.43. The number of carbonyl (C=O) groups excluding carboxylic acids is 1. The van der Waals surface area contributed by atoms with E-state index < -0.39 is 24.1 Å². The number of hydrogen-bond donors (Lipinski definition) is 3. The number of amides is 1. The first-order chi connectivity index (χ1) is 15.9. The van der Waals surface area contributed by atoms with E-state index in [1.165, 1.54) is 6.21 Å². The highest BCUT2D eigenvalue weighted by Gasteiger charge is 2.39. The Hall–Kier alpha value is -4.17. The summed E-state index contributed by atoms with van der Waals surface area (Å²) in [5, 5.41) is 24.2. The first-order valence-electron chi connectivity index (χ1n) is 10.2. The van der Waals surface area contributed by atoms with Crippen molar-refractivity contribution in [2.75, 3.05) is 13.2 Å². The smallest absolute Gasteiger partial charge is 0.341 e. The quantitative estimate of drug-likeness (QED) is 0.324. The summed E-state index contributed by atoms with van der Waals surface area (Å²) < 4.78 is 10.7. The largest absolute Gasteiger partial charge is 0.490 e. The standard InChI is InChI=1S/C25H24N2O6/c1-2-32-22-15-18(13-14-21(22)33-17-23(28)29)16-26-27-24(30)25(31,19-9-5-3-6-10-19)20-11-7-4-8-12-20/h3-16,31H,2,17H2,1H3,(H,27,30)(H,28,29). The summed E-state index contributed by atoms with van der Waals surface area (Å²) >= 11 is 0. The Morgan fingerprint density at radius 3 is 2.09 bits per heavy atom. The Bertz CT molecular complexity index is 1080. The number of carboxylic acid groups (broad SMARTS) is 1. The molecule has 0 aliphatic heterocycles. The summed E-state index contributed by atoms with van der Waals surface area (Å²) in [5.41, 5.74) is 1.85. The lowest BCUT2D eigenvalue weighted by atomic mass is 9.85. The summed E-state index contributed by atoms with van der Waals surface area (Å²) in [6, 6.07) is 22.0. The third-order valence-corrected chi connectivity index (χ3v) is 4.71. The van der Waals surface area contributed by atoms with E-state index in [0.29, 0.717) is 29.0 Å². The number of aliphatic hydroxyl groups is 1. The fraction of sp³-hybridized carbons (Fsp3) is 0.160. The number of hydrazone groups is 1. The van der Waals surface area contributed by atoms with Gasteiger partial charge in [0.15, 0.2) is 23.7 Å². The highest BCUT2D eigenvalue weighted by molar-refractivity contribution is 5.91. The molecule has 3 rings (SSSR count). The van der Waals surface area contributed by atoms with Crippen LogP contribution >= 0.6 is 0 Å². The number of hydrogen-bond acceptors (Lipinski definition) is 6. The van der Waals surface area contributed by atoms with Gasteiger partial charge in [0.25, 0.3) is 5.91 Å². The Labute approximate surface area is 191 Å². The molecule has 1 amide bonds. The van der Waals surface area contributed by atoms with E-state index in [0.717, 1.165) is 0 Å². The van der Waals surface area contributed by atoms with Gasteiger partial charge in [-0.25, -0.2) is 10.2 Å². The molecule has 0 aliphatic carbocycles. The lowest BCUT2D eigenvalue weighted by Gasteiger charge is -2.27. The van der Waals surface area contributed by atoms with Gasteiger partial charge < -0.3 is 19.7 Å². The van der Waals surface area contributed by atoms with Crippen molar-refractivity contribution in [3.8, 4) is 11.5 Å². The Kier molecular flexibility index (Phi) is 7.77. The molecule has 170 valence electrons. The van der Waals surface area contributed by atoms with Crippen LogP contribution in [-0.4, -0.2) is 41.5 Å². The molecule has 8 heteroatoms. The van der Waals surface area contributed by atoms with Crippen LogP contribution in [0.25, 0.3) is 0 Å². The number of nitrogens with one attached hydrogen (secondary N) is 1. The minimum Gasteiger partial charge on any atom is -0.490 e. The molecular formula is C25H24N2O6. The Morgan fingerprint density at radius 2 is 1.55 bits per heavy atom. The minimum absolute atomic E-state index is 0.281. The van der Waals surface area contributed by atoms with E-state index in [9.17, 15) is 14.7 Å². The maximum Gasteiger partial charge on any atom is 0.341 e. The molecule has 0 saturated carbocycles. The average molecular weight is 448 g/mol. The summed E-state index contributed by atoms with van der Waals surface area (Å²) in [4.78, 5) is 23.8. The molecule has 3 aromatic rings. The molecule has 3 N–H and O–H groups in total. The highest BCUT2D eigenvalue weighted by Crippen LogP contribution is 2.30. The Balaban J connectivity index is 1.81. The average Bonchev–Trinajstić information content (AvgIpc) is 2.84. The van der Waals surface area contributed by atoms with Gasteiger partial charge in [0.05, 0.1) is 12.8 Å². The van der Waals surface area contributed by atoms with Crippen LogP contribution in [-0.2, 0) is 15.2 Å². The van der Waals surface area contributed by atoms with E-state index in [4.69, 9.17) is 14.6 Å². The fourth-order valence-corrected chi connectivity index (χ4v) is 3.17. The van der Waals surface area contributed by atoms with Crippen LogP contribution in [0.3, 0.4) is 0 Å². The van der Waals surface area contributed by atoms with Gasteiger partial charge in [-0.1, -0.05) is 60.7 Å². The maximum atomic E-state index is 13.1. The lowest BCUT2D eigenvalue weighted by molar-refractivity contribution is -0.139. The zero-order valence-corrected chi connectivity index (χ0v) is 18.0. The van der Waals surface area contributed by atoms with Crippen molar-refractivity contribution in [3.05, 3.63) is 95.6 Å². The van der Waals surface area contributed by atoms with Crippen molar-refractivity contribution in [3.63, 3.8) is 0 Å². The third kappa shape index (κ3) is 5.75. The number of carbonyl (C=O) groups is 2. The van der Waals surface area contributed by atoms with Crippen LogP contribution < -0.4 is 14.9 Å². The summed E-state index contributed by atoms with van der Waals surface area (Å²) in [7, 11) is 0. The van der Waals surface area contributed by atoms with Crippen molar-refractivity contribution < 1.29 is 29.3 Å². The van der Waals surface area contributed by atoms with E-state index in [1.54, 1.807) is 85.8 Å². The molecule has 0 spiro atoms. The van der Waals surface area contributed by atoms with Gasteiger partial charge >= 0.3 is 5.97 Å². The van der Waals surface area contributed by atoms with Crippen molar-refractivity contribution in [1.29, 1.82) is 0 Å². The molecule has 8 nitrogen and oxygen atoms in total. The fourth-order valence-electron chi connectivity index (χ4n) is 3.17. The molecule has 0 unspecified atom stereocenters. The molecule has 0 radical (unpaired) electrons. The van der Waals surface area contributed by atoms with Crippen LogP contribution in [0.2, 0.25) is 0 Å². The molecule has 0 fully saturated rings. The number of rotatable bonds is 10. The van der Waals surface area contributed by atoms with Crippen molar-refractivity contribution >= 4 is 18.1 Å². The highest BCUT2D eigenvalue weighted by atomic mass is 16.5. The molecule has 0 bridgehead atoms. The topological polar surface area (TPSA) is 117 Å². The van der Waals surface area contributed by atoms with Crippen molar-refractivity contribution in [1.82, 2.24) is 5.43 Å². The normalized spacial score (nSPS) is 11.2. The van der Waals surface area contributed by atoms with Crippen LogP contribution in [0.15, 0.2) is 84.0 Å². The first kappa shape index (κ1) is 23.5. The predicted octanol–water partition coefficient (Wildman–Crippen LogP) is 2.93. The van der Waals surface area contributed by atoms with Crippen LogP contribution in [0, 0.1) is 0 Å². The van der Waals surface area contributed by atoms with Crippen LogP contribution in [0.4, 0.5) is 0 Å². The zero-order chi connectivity index (χ0) is 23.7. The summed E-state index contributed by atoms with van der Waals surface area (Å²) in [5.74, 6) is -1.19. The number of ether oxygens (including phenoxy) is 2. The van der Waals surface area contributed by atoms with Crippen molar-refractivity contribution in [2.24, 2.45) is 5.10 Å². The number of aliphatic carboxylic acids is 1. The molecule has 0 heterocycles. The second kappa shape index (κ2) is 10.9. The maximum absolute atomic E-state index is 13.1. The monoisotopic (exact) mass is 448 g/mol. The minimum atomic E-state index is -1.94. The second-order valence-corrected chi connectivity index (χ2v) is 6.96. The first-order valence-corrected chi connectivity index (χ1v) is 10.2. The molecule has 0 aromatic heterocycles. The molecule has 33 heavy (non-hydrogen) atoms. The van der Waals surface area contributed by atoms with E-state index in [2.05, 4.69) is 10.5 Å². The summed E-state index contributed by atoms with van der Waals surface area (Å²) in [6.07, 6.45) is 1.39. The summed E-state index contributed by atoms with van der Waals surface area (Å²) in [6.45, 7) is 1.64. The van der Waals surface area contributed by atoms with Gasteiger partial charge in [0, 0.05) is 0 Å². The predicted molar refractivity (Wildman–Crippen MR) is 122 cm³/mol. The van der Waals surface area contributed by atoms with Gasteiger partial charge in [0.1, 0.15) is 0 Å². The molecular weight excluding hydrogens is 424 g/mol. The molecule has 0 aliphatic rings. The second-order valence-electron chi connectivity index (χ2n) is 6.96. The third-order valence-electron chi connectivity index (χ3n) is 4.71. The molecule has 3 aromatic carbocycles. The van der Waals surface area contributed by atoms with Gasteiger partial charge in [-0.15, -0.1) is 0 Å². The van der Waals surface area contributed by atoms with Gasteiger partial charge in [-0.2, -0.15) is 5.10 Å². The van der Waals surface area contributed by atoms with Crippen LogP contribution in [0.1, 0.15) is 23.6 Å². The number of nitrogens with zero attached hydrogens (tertiary/aromatic N) is 1. The molecule has 0 saturated heterocycles. The van der Waals surface area contributed by atoms with Crippen LogP contribution in [0.5, 0.6) is 11.5 Å². The van der Waals surface area contributed by atoms with Crippen molar-refractivity contribution in [2.45, 2.75) is 12.5 Å².